The van der Waals surface area contributed by atoms with Gasteiger partial charge >= 0.3 is 0 Å². The lowest BCUT2D eigenvalue weighted by molar-refractivity contribution is 0.0655. The van der Waals surface area contributed by atoms with Gasteiger partial charge in [-0.1, -0.05) is 23.9 Å². The second-order valence-corrected chi connectivity index (χ2v) is 7.39. The number of rotatable bonds is 8. The van der Waals surface area contributed by atoms with E-state index in [1.807, 2.05) is 31.2 Å². The number of nitrogens with zero attached hydrogens (tertiary/aromatic N) is 3. The molecule has 3 aromatic rings. The van der Waals surface area contributed by atoms with Gasteiger partial charge in [0.15, 0.2) is 0 Å². The zero-order valence-corrected chi connectivity index (χ0v) is 16.6. The second-order valence-electron chi connectivity index (χ2n) is 6.34. The summed E-state index contributed by atoms with van der Waals surface area (Å²) < 4.78 is 11.1. The van der Waals surface area contributed by atoms with Gasteiger partial charge in [0.05, 0.1) is 17.7 Å². The van der Waals surface area contributed by atoms with Crippen molar-refractivity contribution in [2.45, 2.75) is 18.6 Å². The molecular weight excluding hydrogens is 390 g/mol. The minimum atomic E-state index is -0.230. The van der Waals surface area contributed by atoms with Crippen LogP contribution in [0.5, 0.6) is 5.75 Å². The van der Waals surface area contributed by atoms with Gasteiger partial charge in [0.1, 0.15) is 5.75 Å². The minimum absolute atomic E-state index is 0.230. The Morgan fingerprint density at radius 3 is 2.34 bits per heavy atom. The standard InChI is InChI=1S/C21H19N3O4S/c1-2-27-15-10-8-14(9-11-15)18-22-23-21(28-18)29-13-5-12-24-19(25)16-6-3-4-7-17(16)20(24)26/h3-4,6-11H,2,5,12-13H2,1H3. The third-order valence-electron chi connectivity index (χ3n) is 4.45. The largest absolute Gasteiger partial charge is 0.494 e. The van der Waals surface area contributed by atoms with Crippen molar-refractivity contribution >= 4 is 23.6 Å². The smallest absolute Gasteiger partial charge is 0.276 e. The van der Waals surface area contributed by atoms with E-state index in [2.05, 4.69) is 10.2 Å². The fourth-order valence-electron chi connectivity index (χ4n) is 3.07. The summed E-state index contributed by atoms with van der Waals surface area (Å²) in [6.07, 6.45) is 0.636. The second kappa shape index (κ2) is 8.48. The molecule has 2 aromatic carbocycles. The summed E-state index contributed by atoms with van der Waals surface area (Å²) in [5.74, 6) is 1.42. The zero-order chi connectivity index (χ0) is 20.2. The van der Waals surface area contributed by atoms with Gasteiger partial charge in [-0.15, -0.1) is 10.2 Å². The number of carbonyl (C=O) groups excluding carboxylic acids is 2. The molecule has 0 saturated carbocycles. The van der Waals surface area contributed by atoms with Crippen molar-refractivity contribution in [3.63, 3.8) is 0 Å². The average molecular weight is 409 g/mol. The van der Waals surface area contributed by atoms with Crippen LogP contribution in [-0.2, 0) is 0 Å². The average Bonchev–Trinajstić information content (AvgIpc) is 3.31. The number of amides is 2. The highest BCUT2D eigenvalue weighted by Crippen LogP contribution is 2.26. The number of carbonyl (C=O) groups is 2. The van der Waals surface area contributed by atoms with Gasteiger partial charge in [-0.25, -0.2) is 0 Å². The fraction of sp³-hybridized carbons (Fsp3) is 0.238. The van der Waals surface area contributed by atoms with E-state index in [0.29, 0.717) is 47.6 Å². The lowest BCUT2D eigenvalue weighted by Crippen LogP contribution is -2.30. The Bertz CT molecular complexity index is 997. The van der Waals surface area contributed by atoms with Gasteiger partial charge in [-0.05, 0) is 49.7 Å². The number of hydrogen-bond donors (Lipinski definition) is 0. The highest BCUT2D eigenvalue weighted by atomic mass is 32.2. The van der Waals surface area contributed by atoms with Crippen LogP contribution in [0.15, 0.2) is 58.2 Å². The minimum Gasteiger partial charge on any atom is -0.494 e. The van der Waals surface area contributed by atoms with Crippen LogP contribution in [0.1, 0.15) is 34.1 Å². The first-order chi connectivity index (χ1) is 14.2. The molecule has 29 heavy (non-hydrogen) atoms. The lowest BCUT2D eigenvalue weighted by atomic mass is 10.1. The number of aromatic nitrogens is 2. The van der Waals surface area contributed by atoms with Crippen LogP contribution < -0.4 is 4.74 Å². The molecule has 0 spiro atoms. The zero-order valence-electron chi connectivity index (χ0n) is 15.8. The van der Waals surface area contributed by atoms with Crippen LogP contribution in [0.3, 0.4) is 0 Å². The first kappa shape index (κ1) is 19.2. The number of hydrogen-bond acceptors (Lipinski definition) is 7. The molecule has 0 aliphatic carbocycles. The predicted molar refractivity (Wildman–Crippen MR) is 108 cm³/mol. The SMILES string of the molecule is CCOc1ccc(-c2nnc(SCCCN3C(=O)c4ccccc4C3=O)o2)cc1. The molecule has 1 aliphatic rings. The van der Waals surface area contributed by atoms with E-state index in [1.54, 1.807) is 24.3 Å². The van der Waals surface area contributed by atoms with Crippen molar-refractivity contribution in [3.05, 3.63) is 59.7 Å². The van der Waals surface area contributed by atoms with E-state index < -0.39 is 0 Å². The van der Waals surface area contributed by atoms with Crippen LogP contribution in [0.4, 0.5) is 0 Å². The Kier molecular flexibility index (Phi) is 5.62. The maximum absolute atomic E-state index is 12.3. The van der Waals surface area contributed by atoms with E-state index in [0.717, 1.165) is 11.3 Å². The van der Waals surface area contributed by atoms with Gasteiger partial charge < -0.3 is 9.15 Å². The van der Waals surface area contributed by atoms with Crippen molar-refractivity contribution in [3.8, 4) is 17.2 Å². The Morgan fingerprint density at radius 2 is 1.69 bits per heavy atom. The first-order valence-corrected chi connectivity index (χ1v) is 10.3. The molecular formula is C21H19N3O4S. The van der Waals surface area contributed by atoms with E-state index in [1.165, 1.54) is 16.7 Å². The number of imide groups is 1. The monoisotopic (exact) mass is 409 g/mol. The molecule has 0 unspecified atom stereocenters. The van der Waals surface area contributed by atoms with E-state index in [9.17, 15) is 9.59 Å². The highest BCUT2D eigenvalue weighted by Gasteiger charge is 2.34. The van der Waals surface area contributed by atoms with Crippen molar-refractivity contribution in [2.24, 2.45) is 0 Å². The summed E-state index contributed by atoms with van der Waals surface area (Å²) in [7, 11) is 0. The van der Waals surface area contributed by atoms with Gasteiger partial charge in [-0.3, -0.25) is 14.5 Å². The molecule has 0 atom stereocenters. The van der Waals surface area contributed by atoms with Crippen LogP contribution in [0, 0.1) is 0 Å². The Morgan fingerprint density at radius 1 is 1.00 bits per heavy atom. The van der Waals surface area contributed by atoms with E-state index >= 15 is 0 Å². The highest BCUT2D eigenvalue weighted by molar-refractivity contribution is 7.99. The normalized spacial score (nSPS) is 13.1. The molecule has 1 aromatic heterocycles. The number of ether oxygens (including phenoxy) is 1. The third-order valence-corrected chi connectivity index (χ3v) is 5.35. The van der Waals surface area contributed by atoms with Crippen LogP contribution in [0.25, 0.3) is 11.5 Å². The maximum atomic E-state index is 12.3. The molecule has 0 N–H and O–H groups in total. The third kappa shape index (κ3) is 4.02. The molecule has 4 rings (SSSR count). The predicted octanol–water partition coefficient (Wildman–Crippen LogP) is 3.91. The summed E-state index contributed by atoms with van der Waals surface area (Å²) in [5, 5.41) is 8.58. The molecule has 0 radical (unpaired) electrons. The number of fused-ring (bicyclic) bond motifs is 1. The van der Waals surface area contributed by atoms with Crippen LogP contribution in [-0.4, -0.2) is 45.8 Å². The molecule has 7 nitrogen and oxygen atoms in total. The molecule has 148 valence electrons. The molecule has 8 heteroatoms. The molecule has 0 fully saturated rings. The summed E-state index contributed by atoms with van der Waals surface area (Å²) >= 11 is 1.40. The summed E-state index contributed by atoms with van der Waals surface area (Å²) in [6.45, 7) is 2.91. The van der Waals surface area contributed by atoms with Crippen molar-refractivity contribution in [2.75, 3.05) is 18.9 Å². The van der Waals surface area contributed by atoms with Gasteiger partial charge in [0.25, 0.3) is 17.0 Å². The summed E-state index contributed by atoms with van der Waals surface area (Å²) in [4.78, 5) is 26.0. The maximum Gasteiger partial charge on any atom is 0.276 e. The van der Waals surface area contributed by atoms with E-state index in [-0.39, 0.29) is 11.8 Å². The molecule has 0 bridgehead atoms. The van der Waals surface area contributed by atoms with Gasteiger partial charge in [0.2, 0.25) is 5.89 Å². The fourth-order valence-corrected chi connectivity index (χ4v) is 3.75. The number of benzene rings is 2. The topological polar surface area (TPSA) is 85.5 Å². The van der Waals surface area contributed by atoms with Crippen LogP contribution in [0.2, 0.25) is 0 Å². The van der Waals surface area contributed by atoms with Crippen molar-refractivity contribution in [1.82, 2.24) is 15.1 Å². The lowest BCUT2D eigenvalue weighted by Gasteiger charge is -2.12. The summed E-state index contributed by atoms with van der Waals surface area (Å²) in [5.41, 5.74) is 1.77. The van der Waals surface area contributed by atoms with Crippen molar-refractivity contribution in [1.29, 1.82) is 0 Å². The van der Waals surface area contributed by atoms with Crippen LogP contribution >= 0.6 is 11.8 Å². The molecule has 1 aliphatic heterocycles. The van der Waals surface area contributed by atoms with E-state index in [4.69, 9.17) is 9.15 Å². The Hall–Kier alpha value is -3.13. The quantitative estimate of drug-likeness (QED) is 0.317. The summed E-state index contributed by atoms with van der Waals surface area (Å²) in [6, 6.07) is 14.4. The van der Waals surface area contributed by atoms with Crippen molar-refractivity contribution < 1.29 is 18.7 Å². The first-order valence-electron chi connectivity index (χ1n) is 9.32. The van der Waals surface area contributed by atoms with Gasteiger partial charge in [-0.2, -0.15) is 0 Å². The number of thioether (sulfide) groups is 1. The Balaban J connectivity index is 1.29. The molecule has 0 saturated heterocycles. The Labute approximate surface area is 172 Å². The van der Waals surface area contributed by atoms with Gasteiger partial charge in [0, 0.05) is 17.9 Å². The molecule has 2 heterocycles. The molecule has 2 amide bonds.